The zero-order valence-electron chi connectivity index (χ0n) is 7.37. The van der Waals surface area contributed by atoms with Crippen LogP contribution < -0.4 is 5.43 Å². The van der Waals surface area contributed by atoms with Crippen LogP contribution in [-0.4, -0.2) is 31.7 Å². The van der Waals surface area contributed by atoms with Gasteiger partial charge < -0.3 is 5.43 Å². The molecule has 0 amide bonds. The molecule has 1 fully saturated rings. The summed E-state index contributed by atoms with van der Waals surface area (Å²) in [6.07, 6.45) is 0.680. The Morgan fingerprint density at radius 3 is 2.58 bits per heavy atom. The van der Waals surface area contributed by atoms with E-state index < -0.39 is 9.84 Å². The van der Waals surface area contributed by atoms with Crippen LogP contribution in [0.25, 0.3) is 0 Å². The maximum absolute atomic E-state index is 11.0. The van der Waals surface area contributed by atoms with Crippen molar-refractivity contribution in [1.82, 2.24) is 5.43 Å². The fourth-order valence-corrected chi connectivity index (χ4v) is 2.78. The Kier molecular flexibility index (Phi) is 2.72. The summed E-state index contributed by atoms with van der Waals surface area (Å²) < 4.78 is 22.0. The molecule has 0 aromatic heterocycles. The second-order valence-corrected chi connectivity index (χ2v) is 5.52. The standard InChI is InChI=1S/C7H14N2O2S/c1-6(2)8-9-7-3-4-12(10,11)5-7/h7,9H,3-5H2,1-2H3/t7-/m1/s1. The van der Waals surface area contributed by atoms with Gasteiger partial charge in [-0.2, -0.15) is 5.10 Å². The zero-order valence-corrected chi connectivity index (χ0v) is 8.19. The Morgan fingerprint density at radius 1 is 1.50 bits per heavy atom. The Labute approximate surface area is 73.0 Å². The van der Waals surface area contributed by atoms with Crippen molar-refractivity contribution in [2.24, 2.45) is 5.10 Å². The van der Waals surface area contributed by atoms with Crippen molar-refractivity contribution in [3.63, 3.8) is 0 Å². The third-order valence-electron chi connectivity index (χ3n) is 1.70. The molecule has 0 radical (unpaired) electrons. The Hall–Kier alpha value is -0.580. The van der Waals surface area contributed by atoms with Crippen LogP contribution in [0.1, 0.15) is 20.3 Å². The lowest BCUT2D eigenvalue weighted by atomic mass is 10.3. The molecule has 0 aliphatic carbocycles. The minimum Gasteiger partial charge on any atom is -0.306 e. The number of nitrogens with zero attached hydrogens (tertiary/aromatic N) is 1. The molecule has 0 aromatic rings. The third-order valence-corrected chi connectivity index (χ3v) is 3.47. The van der Waals surface area contributed by atoms with Crippen molar-refractivity contribution >= 4 is 15.5 Å². The van der Waals surface area contributed by atoms with Gasteiger partial charge in [-0.3, -0.25) is 0 Å². The fraction of sp³-hybridized carbons (Fsp3) is 0.857. The first-order valence-corrected chi connectivity index (χ1v) is 5.78. The Balaban J connectivity index is 2.44. The molecular weight excluding hydrogens is 176 g/mol. The van der Waals surface area contributed by atoms with Gasteiger partial charge in [-0.1, -0.05) is 0 Å². The van der Waals surface area contributed by atoms with Crippen LogP contribution in [0.5, 0.6) is 0 Å². The van der Waals surface area contributed by atoms with E-state index in [1.165, 1.54) is 0 Å². The van der Waals surface area contributed by atoms with E-state index in [4.69, 9.17) is 0 Å². The molecule has 0 aromatic carbocycles. The first-order valence-electron chi connectivity index (χ1n) is 3.96. The minimum absolute atomic E-state index is 0.0184. The predicted molar refractivity (Wildman–Crippen MR) is 49.0 cm³/mol. The van der Waals surface area contributed by atoms with Gasteiger partial charge in [0, 0.05) is 5.71 Å². The zero-order chi connectivity index (χ0) is 9.19. The SMILES string of the molecule is CC(C)=NN[C@@H]1CCS(=O)(=O)C1. The molecule has 1 aliphatic heterocycles. The van der Waals surface area contributed by atoms with E-state index in [1.54, 1.807) is 0 Å². The average Bonchev–Trinajstić information content (AvgIpc) is 2.26. The van der Waals surface area contributed by atoms with Gasteiger partial charge in [0.05, 0.1) is 17.5 Å². The summed E-state index contributed by atoms with van der Waals surface area (Å²) in [5.41, 5.74) is 3.76. The van der Waals surface area contributed by atoms with Gasteiger partial charge in [-0.05, 0) is 20.3 Å². The van der Waals surface area contributed by atoms with Crippen LogP contribution in [0.3, 0.4) is 0 Å². The summed E-state index contributed by atoms with van der Waals surface area (Å²) in [4.78, 5) is 0. The number of rotatable bonds is 2. The summed E-state index contributed by atoms with van der Waals surface area (Å²) in [5, 5.41) is 3.97. The molecular formula is C7H14N2O2S. The number of hydrogen-bond donors (Lipinski definition) is 1. The van der Waals surface area contributed by atoms with Crippen molar-refractivity contribution in [3.05, 3.63) is 0 Å². The van der Waals surface area contributed by atoms with Crippen LogP contribution in [-0.2, 0) is 9.84 Å². The molecule has 70 valence electrons. The molecule has 1 aliphatic rings. The van der Waals surface area contributed by atoms with Gasteiger partial charge in [-0.25, -0.2) is 8.42 Å². The Morgan fingerprint density at radius 2 is 2.17 bits per heavy atom. The van der Waals surface area contributed by atoms with E-state index in [1.807, 2.05) is 13.8 Å². The lowest BCUT2D eigenvalue weighted by molar-refractivity contribution is 0.576. The number of hydrazone groups is 1. The molecule has 0 spiro atoms. The van der Waals surface area contributed by atoms with Gasteiger partial charge in [0.1, 0.15) is 0 Å². The number of nitrogens with one attached hydrogen (secondary N) is 1. The van der Waals surface area contributed by atoms with Crippen molar-refractivity contribution in [2.75, 3.05) is 11.5 Å². The van der Waals surface area contributed by atoms with Crippen LogP contribution in [0, 0.1) is 0 Å². The van der Waals surface area contributed by atoms with E-state index in [0.717, 1.165) is 5.71 Å². The average molecular weight is 190 g/mol. The van der Waals surface area contributed by atoms with E-state index in [9.17, 15) is 8.42 Å². The smallest absolute Gasteiger partial charge is 0.152 e. The van der Waals surface area contributed by atoms with Crippen LogP contribution >= 0.6 is 0 Å². The molecule has 0 bridgehead atoms. The van der Waals surface area contributed by atoms with Crippen molar-refractivity contribution < 1.29 is 8.42 Å². The van der Waals surface area contributed by atoms with E-state index in [0.29, 0.717) is 12.2 Å². The van der Waals surface area contributed by atoms with Crippen LogP contribution in [0.2, 0.25) is 0 Å². The normalized spacial score (nSPS) is 26.7. The highest BCUT2D eigenvalue weighted by atomic mass is 32.2. The fourth-order valence-electron chi connectivity index (χ4n) is 1.12. The minimum atomic E-state index is -2.78. The van der Waals surface area contributed by atoms with Gasteiger partial charge in [0.2, 0.25) is 0 Å². The first kappa shape index (κ1) is 9.51. The molecule has 1 rings (SSSR count). The second-order valence-electron chi connectivity index (χ2n) is 3.29. The van der Waals surface area contributed by atoms with E-state index >= 15 is 0 Å². The maximum Gasteiger partial charge on any atom is 0.152 e. The number of hydrogen-bond acceptors (Lipinski definition) is 4. The van der Waals surface area contributed by atoms with Crippen molar-refractivity contribution in [2.45, 2.75) is 26.3 Å². The largest absolute Gasteiger partial charge is 0.306 e. The quantitative estimate of drug-likeness (QED) is 0.498. The van der Waals surface area contributed by atoms with Crippen molar-refractivity contribution in [3.8, 4) is 0 Å². The lowest BCUT2D eigenvalue weighted by Gasteiger charge is -2.06. The van der Waals surface area contributed by atoms with Crippen LogP contribution in [0.4, 0.5) is 0 Å². The molecule has 1 heterocycles. The summed E-state index contributed by atoms with van der Waals surface area (Å²) in [7, 11) is -2.78. The summed E-state index contributed by atoms with van der Waals surface area (Å²) in [6.45, 7) is 3.74. The maximum atomic E-state index is 11.0. The molecule has 0 saturated carbocycles. The molecule has 1 atom stereocenters. The van der Waals surface area contributed by atoms with Gasteiger partial charge in [-0.15, -0.1) is 0 Å². The van der Waals surface area contributed by atoms with E-state index in [2.05, 4.69) is 10.5 Å². The topological polar surface area (TPSA) is 58.5 Å². The highest BCUT2D eigenvalue weighted by molar-refractivity contribution is 7.91. The highest BCUT2D eigenvalue weighted by Gasteiger charge is 2.27. The molecule has 1 N–H and O–H groups in total. The molecule has 0 unspecified atom stereocenters. The van der Waals surface area contributed by atoms with Gasteiger partial charge in [0.15, 0.2) is 9.84 Å². The highest BCUT2D eigenvalue weighted by Crippen LogP contribution is 2.10. The van der Waals surface area contributed by atoms with Crippen LogP contribution in [0.15, 0.2) is 5.10 Å². The first-order chi connectivity index (χ1) is 5.49. The summed E-state index contributed by atoms with van der Waals surface area (Å²) in [6, 6.07) is 0.0184. The molecule has 12 heavy (non-hydrogen) atoms. The van der Waals surface area contributed by atoms with Gasteiger partial charge in [0.25, 0.3) is 0 Å². The summed E-state index contributed by atoms with van der Waals surface area (Å²) in [5.74, 6) is 0.521. The predicted octanol–water partition coefficient (Wildman–Crippen LogP) is 0.159. The van der Waals surface area contributed by atoms with Crippen molar-refractivity contribution in [1.29, 1.82) is 0 Å². The molecule has 4 nitrogen and oxygen atoms in total. The number of sulfone groups is 1. The van der Waals surface area contributed by atoms with Gasteiger partial charge >= 0.3 is 0 Å². The molecule has 1 saturated heterocycles. The van der Waals surface area contributed by atoms with E-state index in [-0.39, 0.29) is 11.8 Å². The lowest BCUT2D eigenvalue weighted by Crippen LogP contribution is -2.25. The summed E-state index contributed by atoms with van der Waals surface area (Å²) >= 11 is 0. The third kappa shape index (κ3) is 2.81. The second kappa shape index (κ2) is 3.43. The monoisotopic (exact) mass is 190 g/mol. The Bertz CT molecular complexity index is 278. The molecule has 5 heteroatoms.